The van der Waals surface area contributed by atoms with Crippen LogP contribution in [0.5, 0.6) is 0 Å². The monoisotopic (exact) mass is 242 g/mol. The normalized spacial score (nSPS) is 9.78. The molecule has 0 aliphatic rings. The molecule has 0 aliphatic carbocycles. The molecule has 2 aromatic rings. The van der Waals surface area contributed by atoms with E-state index in [0.29, 0.717) is 13.0 Å². The van der Waals surface area contributed by atoms with Crippen molar-refractivity contribution in [3.8, 4) is 6.07 Å². The number of aromatic amines is 1. The van der Waals surface area contributed by atoms with Crippen molar-refractivity contribution >= 4 is 17.3 Å². The minimum atomic E-state index is 0.473. The molecule has 2 N–H and O–H groups in total. The van der Waals surface area contributed by atoms with Crippen LogP contribution < -0.4 is 10.2 Å². The predicted molar refractivity (Wildman–Crippen MR) is 69.6 cm³/mol. The van der Waals surface area contributed by atoms with Gasteiger partial charge in [-0.15, -0.1) is 0 Å². The molecule has 2 heterocycles. The summed E-state index contributed by atoms with van der Waals surface area (Å²) in [6, 6.07) is 5.88. The molecule has 92 valence electrons. The first-order valence-corrected chi connectivity index (χ1v) is 5.59. The number of nitrogens with zero attached hydrogens (tertiary/aromatic N) is 4. The summed E-state index contributed by atoms with van der Waals surface area (Å²) < 4.78 is 0. The van der Waals surface area contributed by atoms with Crippen LogP contribution in [0.15, 0.2) is 30.9 Å². The molecule has 18 heavy (non-hydrogen) atoms. The fourth-order valence-electron chi connectivity index (χ4n) is 1.51. The molecule has 0 radical (unpaired) electrons. The van der Waals surface area contributed by atoms with Crippen LogP contribution >= 0.6 is 0 Å². The van der Waals surface area contributed by atoms with Gasteiger partial charge in [0.25, 0.3) is 0 Å². The Morgan fingerprint density at radius 1 is 1.50 bits per heavy atom. The van der Waals surface area contributed by atoms with Gasteiger partial charge in [0.05, 0.1) is 18.2 Å². The van der Waals surface area contributed by atoms with Crippen LogP contribution in [-0.4, -0.2) is 28.5 Å². The highest BCUT2D eigenvalue weighted by Crippen LogP contribution is 2.17. The maximum Gasteiger partial charge on any atom is 0.135 e. The van der Waals surface area contributed by atoms with Crippen LogP contribution in [0.2, 0.25) is 0 Å². The zero-order chi connectivity index (χ0) is 12.8. The van der Waals surface area contributed by atoms with Crippen LogP contribution in [-0.2, 0) is 0 Å². The Hall–Kier alpha value is -2.55. The van der Waals surface area contributed by atoms with E-state index in [0.717, 1.165) is 17.3 Å². The lowest BCUT2D eigenvalue weighted by Crippen LogP contribution is -2.19. The lowest BCUT2D eigenvalue weighted by Gasteiger charge is -2.16. The molecule has 0 bridgehead atoms. The summed E-state index contributed by atoms with van der Waals surface area (Å²) in [5.41, 5.74) is 0.944. The Morgan fingerprint density at radius 2 is 2.39 bits per heavy atom. The van der Waals surface area contributed by atoms with E-state index >= 15 is 0 Å². The zero-order valence-electron chi connectivity index (χ0n) is 10.1. The van der Waals surface area contributed by atoms with Gasteiger partial charge in [-0.1, -0.05) is 0 Å². The van der Waals surface area contributed by atoms with Gasteiger partial charge in [-0.3, -0.25) is 0 Å². The highest BCUT2D eigenvalue weighted by molar-refractivity contribution is 5.58. The number of hydrogen-bond acceptors (Lipinski definition) is 5. The van der Waals surface area contributed by atoms with Gasteiger partial charge in [-0.05, 0) is 6.07 Å². The van der Waals surface area contributed by atoms with E-state index in [2.05, 4.69) is 26.3 Å². The SMILES string of the molecule is CN(CCC#N)c1cc(Nc2cc[nH]c2)ncn1. The third-order valence-electron chi connectivity index (χ3n) is 2.47. The first-order valence-electron chi connectivity index (χ1n) is 5.59. The highest BCUT2D eigenvalue weighted by atomic mass is 15.2. The second kappa shape index (κ2) is 5.68. The number of aromatic nitrogens is 3. The lowest BCUT2D eigenvalue weighted by molar-refractivity contribution is 0.880. The molecule has 6 nitrogen and oxygen atoms in total. The number of nitriles is 1. The summed E-state index contributed by atoms with van der Waals surface area (Å²) in [6.07, 6.45) is 5.67. The number of H-pyrrole nitrogens is 1. The number of rotatable bonds is 5. The Labute approximate surface area is 105 Å². The van der Waals surface area contributed by atoms with Crippen LogP contribution in [0.1, 0.15) is 6.42 Å². The van der Waals surface area contributed by atoms with Gasteiger partial charge in [0.1, 0.15) is 18.0 Å². The molecule has 0 aromatic carbocycles. The van der Waals surface area contributed by atoms with Crippen molar-refractivity contribution < 1.29 is 0 Å². The van der Waals surface area contributed by atoms with Crippen LogP contribution in [0.3, 0.4) is 0 Å². The maximum atomic E-state index is 8.56. The van der Waals surface area contributed by atoms with E-state index in [1.165, 1.54) is 6.33 Å². The van der Waals surface area contributed by atoms with E-state index < -0.39 is 0 Å². The van der Waals surface area contributed by atoms with Crippen molar-refractivity contribution in [2.75, 3.05) is 23.8 Å². The van der Waals surface area contributed by atoms with Gasteiger partial charge in [0, 0.05) is 32.1 Å². The predicted octanol–water partition coefficient (Wildman–Crippen LogP) is 1.90. The van der Waals surface area contributed by atoms with Gasteiger partial charge in [0.15, 0.2) is 0 Å². The molecule has 0 amide bonds. The average molecular weight is 242 g/mol. The lowest BCUT2D eigenvalue weighted by atomic mass is 10.4. The minimum Gasteiger partial charge on any atom is -0.366 e. The first kappa shape index (κ1) is 11.9. The standard InChI is InChI=1S/C12H14N6/c1-18(6-2-4-13)12-7-11(15-9-16-12)17-10-3-5-14-8-10/h3,5,7-9,14H,2,6H2,1H3,(H,15,16,17). The van der Waals surface area contributed by atoms with Crippen LogP contribution in [0.4, 0.5) is 17.3 Å². The molecule has 0 aliphatic heterocycles. The van der Waals surface area contributed by atoms with Crippen molar-refractivity contribution in [1.29, 1.82) is 5.26 Å². The Balaban J connectivity index is 2.07. The van der Waals surface area contributed by atoms with E-state index in [1.807, 2.05) is 36.5 Å². The summed E-state index contributed by atoms with van der Waals surface area (Å²) in [7, 11) is 1.90. The van der Waals surface area contributed by atoms with Crippen molar-refractivity contribution in [3.63, 3.8) is 0 Å². The smallest absolute Gasteiger partial charge is 0.135 e. The van der Waals surface area contributed by atoms with E-state index in [9.17, 15) is 0 Å². The summed E-state index contributed by atoms with van der Waals surface area (Å²) >= 11 is 0. The average Bonchev–Trinajstić information content (AvgIpc) is 2.89. The van der Waals surface area contributed by atoms with Gasteiger partial charge in [0.2, 0.25) is 0 Å². The fourth-order valence-corrected chi connectivity index (χ4v) is 1.51. The number of hydrogen-bond donors (Lipinski definition) is 2. The third kappa shape index (κ3) is 2.98. The van der Waals surface area contributed by atoms with Crippen molar-refractivity contribution in [1.82, 2.24) is 15.0 Å². The largest absolute Gasteiger partial charge is 0.366 e. The van der Waals surface area contributed by atoms with Gasteiger partial charge in [-0.2, -0.15) is 5.26 Å². The van der Waals surface area contributed by atoms with Crippen molar-refractivity contribution in [2.45, 2.75) is 6.42 Å². The zero-order valence-corrected chi connectivity index (χ0v) is 10.1. The van der Waals surface area contributed by atoms with Gasteiger partial charge >= 0.3 is 0 Å². The second-order valence-corrected chi connectivity index (χ2v) is 3.82. The Morgan fingerprint density at radius 3 is 3.11 bits per heavy atom. The Bertz CT molecular complexity index is 528. The van der Waals surface area contributed by atoms with Gasteiger partial charge < -0.3 is 15.2 Å². The van der Waals surface area contributed by atoms with E-state index in [-0.39, 0.29) is 0 Å². The summed E-state index contributed by atoms with van der Waals surface area (Å²) in [5, 5.41) is 11.7. The molecule has 0 spiro atoms. The third-order valence-corrected chi connectivity index (χ3v) is 2.47. The fraction of sp³-hybridized carbons (Fsp3) is 0.250. The molecule has 6 heteroatoms. The molecule has 2 rings (SSSR count). The van der Waals surface area contributed by atoms with E-state index in [1.54, 1.807) is 0 Å². The number of anilines is 3. The second-order valence-electron chi connectivity index (χ2n) is 3.82. The molecular weight excluding hydrogens is 228 g/mol. The molecule has 0 saturated heterocycles. The van der Waals surface area contributed by atoms with Crippen LogP contribution in [0, 0.1) is 11.3 Å². The quantitative estimate of drug-likeness (QED) is 0.837. The Kier molecular flexibility index (Phi) is 3.76. The minimum absolute atomic E-state index is 0.473. The molecular formula is C12H14N6. The summed E-state index contributed by atoms with van der Waals surface area (Å²) in [6.45, 7) is 0.650. The first-order chi connectivity index (χ1) is 8.79. The number of nitrogens with one attached hydrogen (secondary N) is 2. The molecule has 0 fully saturated rings. The molecule has 2 aromatic heterocycles. The molecule has 0 atom stereocenters. The molecule has 0 saturated carbocycles. The highest BCUT2D eigenvalue weighted by Gasteiger charge is 2.04. The van der Waals surface area contributed by atoms with Crippen LogP contribution in [0.25, 0.3) is 0 Å². The van der Waals surface area contributed by atoms with Gasteiger partial charge in [-0.25, -0.2) is 9.97 Å². The maximum absolute atomic E-state index is 8.56. The van der Waals surface area contributed by atoms with Crippen molar-refractivity contribution in [2.24, 2.45) is 0 Å². The molecule has 0 unspecified atom stereocenters. The van der Waals surface area contributed by atoms with E-state index in [4.69, 9.17) is 5.26 Å². The van der Waals surface area contributed by atoms with Crippen molar-refractivity contribution in [3.05, 3.63) is 30.9 Å². The summed E-state index contributed by atoms with van der Waals surface area (Å²) in [5.74, 6) is 1.52. The topological polar surface area (TPSA) is 80.6 Å². The summed E-state index contributed by atoms with van der Waals surface area (Å²) in [4.78, 5) is 13.2.